The van der Waals surface area contributed by atoms with Crippen LogP contribution in [0.2, 0.25) is 0 Å². The molecule has 0 radical (unpaired) electrons. The van der Waals surface area contributed by atoms with E-state index in [-0.39, 0.29) is 12.5 Å². The minimum absolute atomic E-state index is 0.111. The average molecular weight is 229 g/mol. The predicted octanol–water partition coefficient (Wildman–Crippen LogP) is 0.782. The lowest BCUT2D eigenvalue weighted by atomic mass is 9.93. The maximum absolute atomic E-state index is 11.8. The molecule has 0 saturated carbocycles. The van der Waals surface area contributed by atoms with Gasteiger partial charge in [-0.2, -0.15) is 0 Å². The smallest absolute Gasteiger partial charge is 0.310 e. The van der Waals surface area contributed by atoms with Crippen molar-refractivity contribution in [1.29, 1.82) is 0 Å². The normalized spacial score (nSPS) is 25.4. The number of rotatable bonds is 4. The molecule has 5 heteroatoms. The summed E-state index contributed by atoms with van der Waals surface area (Å²) >= 11 is 0. The molecular weight excluding hydrogens is 210 g/mol. The first-order valence-electron chi connectivity index (χ1n) is 5.44. The molecule has 0 aromatic heterocycles. The van der Waals surface area contributed by atoms with E-state index in [4.69, 9.17) is 9.84 Å². The molecular formula is C11H19NO4. The van der Waals surface area contributed by atoms with Gasteiger partial charge in [-0.15, -0.1) is 0 Å². The Morgan fingerprint density at radius 3 is 2.56 bits per heavy atom. The van der Waals surface area contributed by atoms with Crippen molar-refractivity contribution in [2.45, 2.75) is 39.2 Å². The lowest BCUT2D eigenvalue weighted by Gasteiger charge is -2.25. The first-order valence-corrected chi connectivity index (χ1v) is 5.44. The summed E-state index contributed by atoms with van der Waals surface area (Å²) in [6.45, 7) is 5.59. The summed E-state index contributed by atoms with van der Waals surface area (Å²) in [5.74, 6) is -1.15. The van der Waals surface area contributed by atoms with Crippen LogP contribution in [0, 0.1) is 5.41 Å². The first kappa shape index (κ1) is 13.0. The molecule has 0 aromatic rings. The van der Waals surface area contributed by atoms with Crippen molar-refractivity contribution in [1.82, 2.24) is 5.32 Å². The van der Waals surface area contributed by atoms with Crippen LogP contribution in [0.3, 0.4) is 0 Å². The van der Waals surface area contributed by atoms with Gasteiger partial charge in [0, 0.05) is 13.2 Å². The minimum Gasteiger partial charge on any atom is -0.481 e. The van der Waals surface area contributed by atoms with Gasteiger partial charge in [0.05, 0.1) is 5.41 Å². The van der Waals surface area contributed by atoms with Crippen LogP contribution in [0.15, 0.2) is 0 Å². The molecule has 16 heavy (non-hydrogen) atoms. The molecule has 0 bridgehead atoms. The van der Waals surface area contributed by atoms with E-state index < -0.39 is 17.0 Å². The van der Waals surface area contributed by atoms with E-state index in [9.17, 15) is 9.59 Å². The number of carbonyl (C=O) groups is 2. The number of carbonyl (C=O) groups excluding carboxylic acids is 1. The van der Waals surface area contributed by atoms with E-state index in [2.05, 4.69) is 5.32 Å². The van der Waals surface area contributed by atoms with E-state index in [1.54, 1.807) is 20.8 Å². The highest BCUT2D eigenvalue weighted by molar-refractivity contribution is 5.85. The van der Waals surface area contributed by atoms with Gasteiger partial charge >= 0.3 is 5.97 Å². The lowest BCUT2D eigenvalue weighted by Crippen LogP contribution is -2.48. The van der Waals surface area contributed by atoms with E-state index in [0.717, 1.165) is 6.42 Å². The van der Waals surface area contributed by atoms with Crippen LogP contribution in [0.5, 0.6) is 0 Å². The molecule has 1 aliphatic heterocycles. The molecule has 1 heterocycles. The van der Waals surface area contributed by atoms with Crippen molar-refractivity contribution < 1.29 is 19.4 Å². The SMILES string of the molecule is CC(C)(CNC(=O)C1(C)CCCO1)C(=O)O. The molecule has 1 rings (SSSR count). The Balaban J connectivity index is 2.50. The summed E-state index contributed by atoms with van der Waals surface area (Å²) in [5, 5.41) is 11.5. The molecule has 92 valence electrons. The van der Waals surface area contributed by atoms with Gasteiger partial charge in [0.1, 0.15) is 5.60 Å². The number of hydrogen-bond acceptors (Lipinski definition) is 3. The number of nitrogens with one attached hydrogen (secondary N) is 1. The molecule has 5 nitrogen and oxygen atoms in total. The summed E-state index contributed by atoms with van der Waals surface area (Å²) in [7, 11) is 0. The molecule has 2 N–H and O–H groups in total. The third kappa shape index (κ3) is 2.72. The summed E-state index contributed by atoms with van der Waals surface area (Å²) in [6.07, 6.45) is 1.55. The minimum atomic E-state index is -0.954. The van der Waals surface area contributed by atoms with Crippen LogP contribution in [-0.4, -0.2) is 35.7 Å². The third-order valence-corrected chi connectivity index (χ3v) is 2.97. The average Bonchev–Trinajstić information content (AvgIpc) is 2.62. The van der Waals surface area contributed by atoms with Crippen LogP contribution in [0.4, 0.5) is 0 Å². The predicted molar refractivity (Wildman–Crippen MR) is 58.0 cm³/mol. The molecule has 1 aliphatic rings. The number of carboxylic acids is 1. The van der Waals surface area contributed by atoms with E-state index in [1.807, 2.05) is 0 Å². The van der Waals surface area contributed by atoms with Crippen LogP contribution in [-0.2, 0) is 14.3 Å². The maximum Gasteiger partial charge on any atom is 0.310 e. The second kappa shape index (κ2) is 4.41. The Labute approximate surface area is 95.2 Å². The Morgan fingerprint density at radius 1 is 1.50 bits per heavy atom. The highest BCUT2D eigenvalue weighted by Gasteiger charge is 2.39. The zero-order valence-corrected chi connectivity index (χ0v) is 10.0. The number of carboxylic acid groups (broad SMARTS) is 1. The molecule has 1 fully saturated rings. The fourth-order valence-corrected chi connectivity index (χ4v) is 1.52. The van der Waals surface area contributed by atoms with Gasteiger partial charge in [-0.1, -0.05) is 0 Å². The van der Waals surface area contributed by atoms with Crippen LogP contribution in [0.25, 0.3) is 0 Å². The van der Waals surface area contributed by atoms with Crippen molar-refractivity contribution >= 4 is 11.9 Å². The van der Waals surface area contributed by atoms with Gasteiger partial charge in [-0.05, 0) is 33.6 Å². The summed E-state index contributed by atoms with van der Waals surface area (Å²) < 4.78 is 5.37. The van der Waals surface area contributed by atoms with E-state index in [1.165, 1.54) is 0 Å². The molecule has 0 aliphatic carbocycles. The number of ether oxygens (including phenoxy) is 1. The molecule has 1 unspecified atom stereocenters. The van der Waals surface area contributed by atoms with Gasteiger partial charge in [0.25, 0.3) is 5.91 Å². The molecule has 0 spiro atoms. The number of hydrogen-bond donors (Lipinski definition) is 2. The van der Waals surface area contributed by atoms with E-state index in [0.29, 0.717) is 13.0 Å². The van der Waals surface area contributed by atoms with Crippen LogP contribution >= 0.6 is 0 Å². The molecule has 1 atom stereocenters. The quantitative estimate of drug-likeness (QED) is 0.747. The molecule has 1 amide bonds. The number of amides is 1. The summed E-state index contributed by atoms with van der Waals surface area (Å²) in [4.78, 5) is 22.7. The van der Waals surface area contributed by atoms with Crippen molar-refractivity contribution in [3.8, 4) is 0 Å². The monoisotopic (exact) mass is 229 g/mol. The van der Waals surface area contributed by atoms with Crippen molar-refractivity contribution in [3.63, 3.8) is 0 Å². The Bertz CT molecular complexity index is 292. The van der Waals surface area contributed by atoms with Crippen LogP contribution in [0.1, 0.15) is 33.6 Å². The first-order chi connectivity index (χ1) is 7.28. The zero-order valence-electron chi connectivity index (χ0n) is 10.0. The van der Waals surface area contributed by atoms with E-state index >= 15 is 0 Å². The van der Waals surface area contributed by atoms with Gasteiger partial charge < -0.3 is 15.2 Å². The second-order valence-electron chi connectivity index (χ2n) is 5.05. The van der Waals surface area contributed by atoms with Gasteiger partial charge in [0.2, 0.25) is 0 Å². The highest BCUT2D eigenvalue weighted by Crippen LogP contribution is 2.25. The maximum atomic E-state index is 11.8. The third-order valence-electron chi connectivity index (χ3n) is 2.97. The van der Waals surface area contributed by atoms with Crippen molar-refractivity contribution in [3.05, 3.63) is 0 Å². The van der Waals surface area contributed by atoms with Gasteiger partial charge in [0.15, 0.2) is 0 Å². The molecule has 0 aromatic carbocycles. The second-order valence-corrected chi connectivity index (χ2v) is 5.05. The topological polar surface area (TPSA) is 75.6 Å². The Kier molecular flexibility index (Phi) is 3.57. The fraction of sp³-hybridized carbons (Fsp3) is 0.818. The van der Waals surface area contributed by atoms with Gasteiger partial charge in [-0.25, -0.2) is 0 Å². The summed E-state index contributed by atoms with van der Waals surface area (Å²) in [6, 6.07) is 0. The van der Waals surface area contributed by atoms with Crippen molar-refractivity contribution in [2.24, 2.45) is 5.41 Å². The summed E-state index contributed by atoms with van der Waals surface area (Å²) in [5.41, 5.74) is -1.74. The zero-order chi connectivity index (χ0) is 12.4. The largest absolute Gasteiger partial charge is 0.481 e. The Morgan fingerprint density at radius 2 is 2.12 bits per heavy atom. The Hall–Kier alpha value is -1.10. The lowest BCUT2D eigenvalue weighted by molar-refractivity contribution is -0.148. The van der Waals surface area contributed by atoms with Crippen molar-refractivity contribution in [2.75, 3.05) is 13.2 Å². The fourth-order valence-electron chi connectivity index (χ4n) is 1.52. The molecule has 1 saturated heterocycles. The standard InChI is InChI=1S/C11H19NO4/c1-10(2,9(14)15)7-12-8(13)11(3)5-4-6-16-11/h4-7H2,1-3H3,(H,12,13)(H,14,15). The van der Waals surface area contributed by atoms with Crippen LogP contribution < -0.4 is 5.32 Å². The highest BCUT2D eigenvalue weighted by atomic mass is 16.5. The van der Waals surface area contributed by atoms with Gasteiger partial charge in [-0.3, -0.25) is 9.59 Å². The number of aliphatic carboxylic acids is 1.